The molecule has 0 saturated heterocycles. The van der Waals surface area contributed by atoms with Crippen LogP contribution in [0.15, 0.2) is 42.6 Å². The predicted molar refractivity (Wildman–Crippen MR) is 71.0 cm³/mol. The number of pyridine rings is 1. The van der Waals surface area contributed by atoms with Crippen molar-refractivity contribution in [3.05, 3.63) is 53.7 Å². The van der Waals surface area contributed by atoms with Gasteiger partial charge in [-0.15, -0.1) is 0 Å². The average Bonchev–Trinajstić information content (AvgIpc) is 2.74. The van der Waals surface area contributed by atoms with Gasteiger partial charge in [-0.3, -0.25) is 19.9 Å². The van der Waals surface area contributed by atoms with Crippen molar-refractivity contribution in [1.29, 1.82) is 0 Å². The Morgan fingerprint density at radius 3 is 2.63 bits per heavy atom. The zero-order valence-electron chi connectivity index (χ0n) is 9.81. The van der Waals surface area contributed by atoms with Gasteiger partial charge >= 0.3 is 0 Å². The maximum Gasteiger partial charge on any atom is 0.259 e. The number of rotatable bonds is 0. The largest absolute Gasteiger partial charge is 0.288 e. The molecule has 0 atom stereocenters. The van der Waals surface area contributed by atoms with E-state index in [9.17, 15) is 9.59 Å². The summed E-state index contributed by atoms with van der Waals surface area (Å²) in [5.41, 5.74) is 1.73. The molecule has 1 aliphatic heterocycles. The normalized spacial score (nSPS) is 13.9. The molecule has 2 heterocycles. The van der Waals surface area contributed by atoms with E-state index in [1.54, 1.807) is 12.3 Å². The van der Waals surface area contributed by atoms with E-state index in [1.165, 1.54) is 0 Å². The fourth-order valence-corrected chi connectivity index (χ4v) is 2.62. The summed E-state index contributed by atoms with van der Waals surface area (Å²) in [4.78, 5) is 27.9. The summed E-state index contributed by atoms with van der Waals surface area (Å²) in [6.07, 6.45) is 1.72. The van der Waals surface area contributed by atoms with E-state index >= 15 is 0 Å². The fourth-order valence-electron chi connectivity index (χ4n) is 2.62. The Morgan fingerprint density at radius 2 is 1.74 bits per heavy atom. The first-order valence-electron chi connectivity index (χ1n) is 5.92. The zero-order valence-corrected chi connectivity index (χ0v) is 9.81. The lowest BCUT2D eigenvalue weighted by atomic mass is 9.98. The second kappa shape index (κ2) is 3.38. The number of hydrogen-bond donors (Lipinski definition) is 1. The van der Waals surface area contributed by atoms with Gasteiger partial charge in [-0.2, -0.15) is 0 Å². The van der Waals surface area contributed by atoms with E-state index in [4.69, 9.17) is 0 Å². The highest BCUT2D eigenvalue weighted by molar-refractivity contribution is 6.28. The van der Waals surface area contributed by atoms with E-state index in [1.807, 2.05) is 30.3 Å². The molecule has 2 amide bonds. The second-order valence-electron chi connectivity index (χ2n) is 4.51. The lowest BCUT2D eigenvalue weighted by molar-refractivity contribution is 0.0880. The number of aromatic nitrogens is 1. The third kappa shape index (κ3) is 1.25. The summed E-state index contributed by atoms with van der Waals surface area (Å²) < 4.78 is 0. The van der Waals surface area contributed by atoms with Crippen molar-refractivity contribution in [3.63, 3.8) is 0 Å². The number of benzene rings is 2. The van der Waals surface area contributed by atoms with Gasteiger partial charge in [0, 0.05) is 17.0 Å². The molecule has 0 bridgehead atoms. The number of imide groups is 1. The number of nitrogens with zero attached hydrogens (tertiary/aromatic N) is 1. The van der Waals surface area contributed by atoms with Crippen LogP contribution in [-0.4, -0.2) is 16.8 Å². The molecule has 4 rings (SSSR count). The molecule has 0 saturated carbocycles. The van der Waals surface area contributed by atoms with Crippen LogP contribution in [-0.2, 0) is 0 Å². The minimum absolute atomic E-state index is 0.331. The number of carbonyl (C=O) groups excluding carboxylic acids is 2. The van der Waals surface area contributed by atoms with Crippen molar-refractivity contribution in [2.24, 2.45) is 0 Å². The molecule has 0 aliphatic carbocycles. The quantitative estimate of drug-likeness (QED) is 0.490. The fraction of sp³-hybridized carbons (Fsp3) is 0. The lowest BCUT2D eigenvalue weighted by Crippen LogP contribution is -2.19. The van der Waals surface area contributed by atoms with Gasteiger partial charge < -0.3 is 0 Å². The van der Waals surface area contributed by atoms with E-state index in [2.05, 4.69) is 10.3 Å². The summed E-state index contributed by atoms with van der Waals surface area (Å²) in [7, 11) is 0. The molecule has 4 heteroatoms. The maximum atomic E-state index is 11.9. The molecular weight excluding hydrogens is 240 g/mol. The van der Waals surface area contributed by atoms with E-state index in [0.29, 0.717) is 11.1 Å². The highest BCUT2D eigenvalue weighted by Gasteiger charge is 2.28. The number of hydrogen-bond acceptors (Lipinski definition) is 3. The molecule has 2 aromatic carbocycles. The third-order valence-corrected chi connectivity index (χ3v) is 3.47. The summed E-state index contributed by atoms with van der Waals surface area (Å²) in [6, 6.07) is 11.2. The molecule has 0 spiro atoms. The Kier molecular flexibility index (Phi) is 1.82. The first-order chi connectivity index (χ1) is 9.25. The average molecular weight is 248 g/mol. The molecule has 4 nitrogen and oxygen atoms in total. The van der Waals surface area contributed by atoms with Crippen LogP contribution in [0.25, 0.3) is 21.7 Å². The highest BCUT2D eigenvalue weighted by Crippen LogP contribution is 2.30. The Labute approximate surface area is 108 Å². The zero-order chi connectivity index (χ0) is 13.0. The third-order valence-electron chi connectivity index (χ3n) is 3.47. The van der Waals surface area contributed by atoms with Crippen LogP contribution in [0.4, 0.5) is 0 Å². The molecule has 19 heavy (non-hydrogen) atoms. The molecule has 0 radical (unpaired) electrons. The highest BCUT2D eigenvalue weighted by atomic mass is 16.2. The van der Waals surface area contributed by atoms with Crippen molar-refractivity contribution >= 4 is 33.5 Å². The first-order valence-corrected chi connectivity index (χ1v) is 5.92. The Hall–Kier alpha value is -2.75. The van der Waals surface area contributed by atoms with Gasteiger partial charge in [-0.25, -0.2) is 0 Å². The minimum Gasteiger partial charge on any atom is -0.288 e. The summed E-state index contributed by atoms with van der Waals surface area (Å²) in [6.45, 7) is 0. The monoisotopic (exact) mass is 248 g/mol. The van der Waals surface area contributed by atoms with Gasteiger partial charge in [0.2, 0.25) is 0 Å². The van der Waals surface area contributed by atoms with Crippen LogP contribution >= 0.6 is 0 Å². The SMILES string of the molecule is O=C1NC(=O)c2c1ccc1c2ccc2cccnc21. The van der Waals surface area contributed by atoms with Crippen LogP contribution in [0, 0.1) is 0 Å². The van der Waals surface area contributed by atoms with Crippen molar-refractivity contribution in [2.45, 2.75) is 0 Å². The van der Waals surface area contributed by atoms with E-state index < -0.39 is 0 Å². The predicted octanol–water partition coefficient (Wildman–Crippen LogP) is 2.27. The van der Waals surface area contributed by atoms with Crippen LogP contribution in [0.1, 0.15) is 20.7 Å². The van der Waals surface area contributed by atoms with E-state index in [0.717, 1.165) is 21.7 Å². The Bertz CT molecular complexity index is 884. The number of fused-ring (bicyclic) bond motifs is 5. The van der Waals surface area contributed by atoms with Gasteiger partial charge in [0.1, 0.15) is 0 Å². The molecule has 1 aliphatic rings. The van der Waals surface area contributed by atoms with Crippen molar-refractivity contribution in [1.82, 2.24) is 10.3 Å². The van der Waals surface area contributed by atoms with Gasteiger partial charge in [0.25, 0.3) is 11.8 Å². The second-order valence-corrected chi connectivity index (χ2v) is 4.51. The van der Waals surface area contributed by atoms with Crippen LogP contribution in [0.2, 0.25) is 0 Å². The summed E-state index contributed by atoms with van der Waals surface area (Å²) in [5.74, 6) is -0.663. The summed E-state index contributed by atoms with van der Waals surface area (Å²) in [5, 5.41) is 5.00. The standard InChI is InChI=1S/C15H8N2O2/c18-14-11-6-5-10-9(12(11)15(19)17-14)4-3-8-2-1-7-16-13(8)10/h1-7H,(H,17,18,19). The topological polar surface area (TPSA) is 59.1 Å². The lowest BCUT2D eigenvalue weighted by Gasteiger charge is -2.05. The molecule has 0 fully saturated rings. The van der Waals surface area contributed by atoms with Crippen LogP contribution in [0.5, 0.6) is 0 Å². The van der Waals surface area contributed by atoms with Crippen molar-refractivity contribution in [3.8, 4) is 0 Å². The van der Waals surface area contributed by atoms with Gasteiger partial charge in [-0.1, -0.05) is 24.3 Å². The Morgan fingerprint density at radius 1 is 0.895 bits per heavy atom. The minimum atomic E-state index is -0.333. The molecule has 1 aromatic heterocycles. The van der Waals surface area contributed by atoms with Crippen molar-refractivity contribution < 1.29 is 9.59 Å². The maximum absolute atomic E-state index is 11.9. The van der Waals surface area contributed by atoms with Gasteiger partial charge in [0.05, 0.1) is 16.6 Å². The molecule has 3 aromatic rings. The van der Waals surface area contributed by atoms with Crippen molar-refractivity contribution in [2.75, 3.05) is 0 Å². The number of amides is 2. The molecule has 1 N–H and O–H groups in total. The first kappa shape index (κ1) is 10.2. The number of nitrogens with one attached hydrogen (secondary N) is 1. The molecule has 0 unspecified atom stereocenters. The van der Waals surface area contributed by atoms with Crippen LogP contribution < -0.4 is 5.32 Å². The van der Waals surface area contributed by atoms with Gasteiger partial charge in [0.15, 0.2) is 0 Å². The van der Waals surface area contributed by atoms with Gasteiger partial charge in [-0.05, 0) is 17.5 Å². The molecular formula is C15H8N2O2. The number of carbonyl (C=O) groups is 2. The van der Waals surface area contributed by atoms with Crippen LogP contribution in [0.3, 0.4) is 0 Å². The molecule has 90 valence electrons. The van der Waals surface area contributed by atoms with E-state index in [-0.39, 0.29) is 11.8 Å². The summed E-state index contributed by atoms with van der Waals surface area (Å²) >= 11 is 0. The Balaban J connectivity index is 2.23. The smallest absolute Gasteiger partial charge is 0.259 e.